The number of hydrogen-bond acceptors (Lipinski definition) is 4. The maximum absolute atomic E-state index is 12.0. The van der Waals surface area contributed by atoms with Crippen LogP contribution in [0.3, 0.4) is 0 Å². The third kappa shape index (κ3) is 4.52. The number of nitrogens with one attached hydrogen (secondary N) is 1. The summed E-state index contributed by atoms with van der Waals surface area (Å²) in [6.45, 7) is 2.84. The lowest BCUT2D eigenvalue weighted by Gasteiger charge is -2.11. The minimum atomic E-state index is -0.265. The van der Waals surface area contributed by atoms with Gasteiger partial charge in [-0.05, 0) is 31.0 Å². The van der Waals surface area contributed by atoms with Crippen LogP contribution in [-0.4, -0.2) is 19.6 Å². The first kappa shape index (κ1) is 15.9. The van der Waals surface area contributed by atoms with Gasteiger partial charge in [0.05, 0.1) is 7.11 Å². The van der Waals surface area contributed by atoms with E-state index in [0.717, 1.165) is 17.8 Å². The van der Waals surface area contributed by atoms with E-state index in [0.29, 0.717) is 24.3 Å². The molecule has 0 amide bonds. The molecule has 0 aliphatic heterocycles. The van der Waals surface area contributed by atoms with E-state index in [-0.39, 0.29) is 5.97 Å². The molecule has 0 fully saturated rings. The molecule has 0 heterocycles. The molecule has 0 spiro atoms. The number of rotatable bonds is 7. The van der Waals surface area contributed by atoms with Crippen LogP contribution >= 0.6 is 0 Å². The van der Waals surface area contributed by atoms with Crippen molar-refractivity contribution in [3.8, 4) is 11.5 Å². The monoisotopic (exact) mass is 299 g/mol. The predicted molar refractivity (Wildman–Crippen MR) is 87.6 cm³/mol. The van der Waals surface area contributed by atoms with E-state index in [9.17, 15) is 4.79 Å². The number of anilines is 1. The molecule has 2 aromatic carbocycles. The van der Waals surface area contributed by atoms with Crippen LogP contribution in [0.1, 0.15) is 18.9 Å². The number of carbonyl (C=O) groups excluding carboxylic acids is 1. The van der Waals surface area contributed by atoms with Crippen LogP contribution in [0.25, 0.3) is 0 Å². The molecule has 2 aromatic rings. The molecule has 22 heavy (non-hydrogen) atoms. The van der Waals surface area contributed by atoms with Gasteiger partial charge in [-0.3, -0.25) is 4.79 Å². The van der Waals surface area contributed by atoms with Gasteiger partial charge in [-0.15, -0.1) is 0 Å². The van der Waals surface area contributed by atoms with E-state index < -0.39 is 0 Å². The lowest BCUT2D eigenvalue weighted by molar-refractivity contribution is -0.134. The Balaban J connectivity index is 1.96. The van der Waals surface area contributed by atoms with Gasteiger partial charge in [-0.2, -0.15) is 0 Å². The Morgan fingerprint density at radius 3 is 2.55 bits per heavy atom. The Morgan fingerprint density at radius 1 is 1.09 bits per heavy atom. The van der Waals surface area contributed by atoms with Crippen LogP contribution in [0.5, 0.6) is 11.5 Å². The van der Waals surface area contributed by atoms with Gasteiger partial charge in [-0.25, -0.2) is 0 Å². The second kappa shape index (κ2) is 8.08. The molecule has 116 valence electrons. The minimum absolute atomic E-state index is 0.265. The smallest absolute Gasteiger partial charge is 0.311 e. The van der Waals surface area contributed by atoms with Crippen molar-refractivity contribution in [1.82, 2.24) is 0 Å². The summed E-state index contributed by atoms with van der Waals surface area (Å²) in [5.74, 6) is 0.729. The van der Waals surface area contributed by atoms with Gasteiger partial charge in [0, 0.05) is 24.7 Å². The molecule has 0 saturated heterocycles. The fraction of sp³-hybridized carbons (Fsp3) is 0.278. The molecule has 2 rings (SSSR count). The predicted octanol–water partition coefficient (Wildman–Crippen LogP) is 3.67. The van der Waals surface area contributed by atoms with Crippen LogP contribution in [0.2, 0.25) is 0 Å². The SMILES string of the molecule is CCNc1ccc(OC(=O)CCc2ccccc2)c(OC)c1. The number of aryl methyl sites for hydroxylation is 1. The molecule has 4 heteroatoms. The normalized spacial score (nSPS) is 10.1. The summed E-state index contributed by atoms with van der Waals surface area (Å²) in [5.41, 5.74) is 2.05. The van der Waals surface area contributed by atoms with Crippen molar-refractivity contribution in [2.45, 2.75) is 19.8 Å². The van der Waals surface area contributed by atoms with E-state index >= 15 is 0 Å². The average Bonchev–Trinajstić information content (AvgIpc) is 2.55. The summed E-state index contributed by atoms with van der Waals surface area (Å²) < 4.78 is 10.7. The summed E-state index contributed by atoms with van der Waals surface area (Å²) in [4.78, 5) is 12.0. The second-order valence-electron chi connectivity index (χ2n) is 4.86. The van der Waals surface area contributed by atoms with Gasteiger partial charge < -0.3 is 14.8 Å². The van der Waals surface area contributed by atoms with E-state index in [2.05, 4.69) is 5.32 Å². The first-order chi connectivity index (χ1) is 10.7. The van der Waals surface area contributed by atoms with Crippen molar-refractivity contribution < 1.29 is 14.3 Å². The summed E-state index contributed by atoms with van der Waals surface area (Å²) in [7, 11) is 1.56. The highest BCUT2D eigenvalue weighted by molar-refractivity contribution is 5.74. The molecule has 4 nitrogen and oxygen atoms in total. The maximum Gasteiger partial charge on any atom is 0.311 e. The highest BCUT2D eigenvalue weighted by Gasteiger charge is 2.11. The number of methoxy groups -OCH3 is 1. The summed E-state index contributed by atoms with van der Waals surface area (Å²) >= 11 is 0. The molecule has 0 atom stereocenters. The van der Waals surface area contributed by atoms with Crippen LogP contribution in [-0.2, 0) is 11.2 Å². The Labute approximate surface area is 131 Å². The van der Waals surface area contributed by atoms with E-state index in [1.807, 2.05) is 49.4 Å². The molecule has 0 unspecified atom stereocenters. The Kier molecular flexibility index (Phi) is 5.83. The molecule has 0 bridgehead atoms. The van der Waals surface area contributed by atoms with Crippen LogP contribution in [0.4, 0.5) is 5.69 Å². The average molecular weight is 299 g/mol. The van der Waals surface area contributed by atoms with Crippen molar-refractivity contribution >= 4 is 11.7 Å². The van der Waals surface area contributed by atoms with Gasteiger partial charge in [-0.1, -0.05) is 30.3 Å². The van der Waals surface area contributed by atoms with Crippen molar-refractivity contribution in [2.75, 3.05) is 19.0 Å². The standard InChI is InChI=1S/C18H21NO3/c1-3-19-15-10-11-16(17(13-15)21-2)22-18(20)12-9-14-7-5-4-6-8-14/h4-8,10-11,13,19H,3,9,12H2,1-2H3. The van der Waals surface area contributed by atoms with E-state index in [1.54, 1.807) is 13.2 Å². The molecule has 0 radical (unpaired) electrons. The summed E-state index contributed by atoms with van der Waals surface area (Å²) in [6, 6.07) is 15.3. The van der Waals surface area contributed by atoms with Crippen LogP contribution in [0.15, 0.2) is 48.5 Å². The zero-order chi connectivity index (χ0) is 15.8. The van der Waals surface area contributed by atoms with Gasteiger partial charge >= 0.3 is 5.97 Å². The molecule has 0 aliphatic carbocycles. The van der Waals surface area contributed by atoms with Crippen LogP contribution < -0.4 is 14.8 Å². The molecule has 1 N–H and O–H groups in total. The first-order valence-corrected chi connectivity index (χ1v) is 7.39. The van der Waals surface area contributed by atoms with E-state index in [1.165, 1.54) is 0 Å². The second-order valence-corrected chi connectivity index (χ2v) is 4.86. The molecule has 0 saturated carbocycles. The number of benzene rings is 2. The number of carbonyl (C=O) groups is 1. The molecular formula is C18H21NO3. The number of ether oxygens (including phenoxy) is 2. The fourth-order valence-electron chi connectivity index (χ4n) is 2.13. The lowest BCUT2D eigenvalue weighted by Crippen LogP contribution is -2.10. The fourth-order valence-corrected chi connectivity index (χ4v) is 2.13. The first-order valence-electron chi connectivity index (χ1n) is 7.39. The minimum Gasteiger partial charge on any atom is -0.493 e. The van der Waals surface area contributed by atoms with Crippen molar-refractivity contribution in [3.63, 3.8) is 0 Å². The van der Waals surface area contributed by atoms with Gasteiger partial charge in [0.1, 0.15) is 0 Å². The highest BCUT2D eigenvalue weighted by Crippen LogP contribution is 2.30. The molecule has 0 aromatic heterocycles. The zero-order valence-corrected chi connectivity index (χ0v) is 13.0. The van der Waals surface area contributed by atoms with Gasteiger partial charge in [0.2, 0.25) is 0 Å². The van der Waals surface area contributed by atoms with Gasteiger partial charge in [0.25, 0.3) is 0 Å². The highest BCUT2D eigenvalue weighted by atomic mass is 16.6. The maximum atomic E-state index is 12.0. The number of esters is 1. The molecule has 0 aliphatic rings. The van der Waals surface area contributed by atoms with Crippen LogP contribution in [0, 0.1) is 0 Å². The number of hydrogen-bond donors (Lipinski definition) is 1. The largest absolute Gasteiger partial charge is 0.493 e. The van der Waals surface area contributed by atoms with Crippen molar-refractivity contribution in [2.24, 2.45) is 0 Å². The van der Waals surface area contributed by atoms with E-state index in [4.69, 9.17) is 9.47 Å². The Hall–Kier alpha value is -2.49. The Morgan fingerprint density at radius 2 is 1.86 bits per heavy atom. The Bertz CT molecular complexity index is 611. The topological polar surface area (TPSA) is 47.6 Å². The third-order valence-electron chi connectivity index (χ3n) is 3.23. The van der Waals surface area contributed by atoms with Crippen molar-refractivity contribution in [3.05, 3.63) is 54.1 Å². The summed E-state index contributed by atoms with van der Waals surface area (Å²) in [6.07, 6.45) is 1.000. The lowest BCUT2D eigenvalue weighted by atomic mass is 10.1. The zero-order valence-electron chi connectivity index (χ0n) is 13.0. The quantitative estimate of drug-likeness (QED) is 0.626. The van der Waals surface area contributed by atoms with Crippen molar-refractivity contribution in [1.29, 1.82) is 0 Å². The van der Waals surface area contributed by atoms with Gasteiger partial charge in [0.15, 0.2) is 11.5 Å². The summed E-state index contributed by atoms with van der Waals surface area (Å²) in [5, 5.41) is 3.19. The third-order valence-corrected chi connectivity index (χ3v) is 3.23. The molecular weight excluding hydrogens is 278 g/mol.